The standard InChI is InChI=1S/C51H34N4/c1-4-16-35(17-5-1)38-22-14-24-40(32-38)43-31-30-42(34-48(43)55-46-28-12-10-26-44(46)45-27-11-13-29-47(45)55)51-53-49(37-20-8-3-9-21-37)52-50(54-51)41-25-15-23-39(33-41)36-18-6-2-7-19-36/h1-34H/i1D,4D,5D,14D,16D,17D,22D,24D,32D. The van der Waals surface area contributed by atoms with E-state index in [0.717, 1.165) is 44.1 Å². The van der Waals surface area contributed by atoms with Crippen molar-refractivity contribution in [1.82, 2.24) is 19.5 Å². The quantitative estimate of drug-likeness (QED) is 0.165. The third-order valence-corrected chi connectivity index (χ3v) is 9.62. The molecule has 0 unspecified atom stereocenters. The van der Waals surface area contributed by atoms with E-state index < -0.39 is 54.4 Å². The zero-order valence-corrected chi connectivity index (χ0v) is 29.2. The van der Waals surface area contributed by atoms with Gasteiger partial charge >= 0.3 is 0 Å². The maximum absolute atomic E-state index is 9.68. The maximum atomic E-state index is 9.68. The molecule has 0 bridgehead atoms. The van der Waals surface area contributed by atoms with E-state index >= 15 is 0 Å². The Kier molecular flexibility index (Phi) is 6.04. The number of nitrogens with zero attached hydrogens (tertiary/aromatic N) is 4. The van der Waals surface area contributed by atoms with Crippen LogP contribution in [0.3, 0.4) is 0 Å². The van der Waals surface area contributed by atoms with Gasteiger partial charge in [-0.3, -0.25) is 0 Å². The first-order valence-electron chi connectivity index (χ1n) is 22.3. The van der Waals surface area contributed by atoms with Gasteiger partial charge in [0.1, 0.15) is 0 Å². The topological polar surface area (TPSA) is 43.6 Å². The van der Waals surface area contributed by atoms with Crippen molar-refractivity contribution >= 4 is 21.8 Å². The number of hydrogen-bond donors (Lipinski definition) is 0. The van der Waals surface area contributed by atoms with Gasteiger partial charge in [0.25, 0.3) is 0 Å². The Morgan fingerprint density at radius 3 is 1.58 bits per heavy atom. The molecule has 0 aliphatic heterocycles. The summed E-state index contributed by atoms with van der Waals surface area (Å²) >= 11 is 0. The Bertz CT molecular complexity index is 3420. The Hall–Kier alpha value is -7.43. The Labute approximate surface area is 332 Å². The Morgan fingerprint density at radius 1 is 0.364 bits per heavy atom. The molecule has 0 saturated carbocycles. The Balaban J connectivity index is 1.27. The van der Waals surface area contributed by atoms with Gasteiger partial charge < -0.3 is 4.57 Å². The third-order valence-electron chi connectivity index (χ3n) is 9.62. The molecule has 4 nitrogen and oxygen atoms in total. The van der Waals surface area contributed by atoms with Gasteiger partial charge in [-0.1, -0.05) is 176 Å². The number of fused-ring (bicyclic) bond motifs is 3. The van der Waals surface area contributed by atoms with Crippen molar-refractivity contribution in [2.24, 2.45) is 0 Å². The first-order valence-corrected chi connectivity index (χ1v) is 17.8. The SMILES string of the molecule is [2H]c1c([2H])c([2H])c(-c2c([2H])c([2H])c([2H])c(-c3ccc(-c4nc(-c5ccccc5)nc(-c5cccc(-c6ccccc6)c5)n4)cc3-n3c4ccccc4c4ccccc43)c2[2H])c([2H])c1[2H]. The van der Waals surface area contributed by atoms with Gasteiger partial charge in [-0.15, -0.1) is 0 Å². The molecule has 258 valence electrons. The lowest BCUT2D eigenvalue weighted by atomic mass is 9.96. The smallest absolute Gasteiger partial charge is 0.164 e. The minimum absolute atomic E-state index is 0.0507. The minimum Gasteiger partial charge on any atom is -0.309 e. The number of benzene rings is 8. The summed E-state index contributed by atoms with van der Waals surface area (Å²) in [5.41, 5.74) is 5.85. The van der Waals surface area contributed by atoms with Gasteiger partial charge in [-0.25, -0.2) is 15.0 Å². The van der Waals surface area contributed by atoms with Crippen molar-refractivity contribution < 1.29 is 12.3 Å². The zero-order valence-electron chi connectivity index (χ0n) is 38.2. The molecular weight excluding hydrogens is 669 g/mol. The van der Waals surface area contributed by atoms with Crippen LogP contribution in [0.25, 0.3) is 95.0 Å². The van der Waals surface area contributed by atoms with Gasteiger partial charge in [0, 0.05) is 33.0 Å². The van der Waals surface area contributed by atoms with Crippen LogP contribution in [0.15, 0.2) is 206 Å². The normalized spacial score (nSPS) is 13.6. The molecule has 0 N–H and O–H groups in total. The number of rotatable bonds is 7. The van der Waals surface area contributed by atoms with Crippen LogP contribution in [-0.2, 0) is 0 Å². The lowest BCUT2D eigenvalue weighted by molar-refractivity contribution is 1.07. The predicted molar refractivity (Wildman–Crippen MR) is 227 cm³/mol. The summed E-state index contributed by atoms with van der Waals surface area (Å²) in [5, 5.41) is 1.89. The monoisotopic (exact) mass is 711 g/mol. The molecule has 0 amide bonds. The number of aromatic nitrogens is 4. The van der Waals surface area contributed by atoms with Crippen LogP contribution in [0.4, 0.5) is 0 Å². The predicted octanol–water partition coefficient (Wildman–Crippen LogP) is 13.0. The van der Waals surface area contributed by atoms with E-state index in [4.69, 9.17) is 24.5 Å². The summed E-state index contributed by atoms with van der Waals surface area (Å²) in [6.07, 6.45) is 0. The van der Waals surface area contributed by atoms with Crippen LogP contribution in [-0.4, -0.2) is 19.5 Å². The van der Waals surface area contributed by atoms with Gasteiger partial charge in [0.2, 0.25) is 0 Å². The molecule has 0 spiro atoms. The molecular formula is C51H34N4. The van der Waals surface area contributed by atoms with Gasteiger partial charge in [0.15, 0.2) is 17.5 Å². The molecule has 0 radical (unpaired) electrons. The minimum atomic E-state index is -0.633. The molecule has 0 atom stereocenters. The molecule has 0 saturated heterocycles. The summed E-state index contributed by atoms with van der Waals surface area (Å²) in [6, 6.07) is 43.7. The average molecular weight is 712 g/mol. The van der Waals surface area contributed by atoms with E-state index in [1.165, 1.54) is 0 Å². The molecule has 8 aromatic carbocycles. The molecule has 10 aromatic rings. The average Bonchev–Trinajstić information content (AvgIpc) is 3.68. The largest absolute Gasteiger partial charge is 0.309 e. The lowest BCUT2D eigenvalue weighted by Crippen LogP contribution is -2.02. The second-order valence-electron chi connectivity index (χ2n) is 13.0. The molecule has 0 aliphatic rings. The molecule has 2 aromatic heterocycles. The van der Waals surface area contributed by atoms with Crippen molar-refractivity contribution in [3.63, 3.8) is 0 Å². The molecule has 0 fully saturated rings. The summed E-state index contributed by atoms with van der Waals surface area (Å²) < 4.78 is 81.5. The number of hydrogen-bond acceptors (Lipinski definition) is 3. The third kappa shape index (κ3) is 6.06. The van der Waals surface area contributed by atoms with E-state index in [2.05, 4.69) is 0 Å². The zero-order chi connectivity index (χ0) is 44.4. The van der Waals surface area contributed by atoms with Gasteiger partial charge in [-0.2, -0.15) is 0 Å². The fourth-order valence-electron chi connectivity index (χ4n) is 7.05. The maximum Gasteiger partial charge on any atom is 0.164 e. The summed E-state index contributed by atoms with van der Waals surface area (Å²) in [5.74, 6) is 1.24. The Morgan fingerprint density at radius 2 is 0.891 bits per heavy atom. The fourth-order valence-corrected chi connectivity index (χ4v) is 7.05. The van der Waals surface area contributed by atoms with Crippen LogP contribution in [0.1, 0.15) is 12.3 Å². The van der Waals surface area contributed by atoms with Crippen molar-refractivity contribution in [2.45, 2.75) is 0 Å². The van der Waals surface area contributed by atoms with Crippen LogP contribution < -0.4 is 0 Å². The van der Waals surface area contributed by atoms with Crippen LogP contribution in [0.2, 0.25) is 0 Å². The van der Waals surface area contributed by atoms with Crippen molar-refractivity contribution in [2.75, 3.05) is 0 Å². The summed E-state index contributed by atoms with van der Waals surface area (Å²) in [7, 11) is 0. The highest BCUT2D eigenvalue weighted by molar-refractivity contribution is 6.10. The van der Waals surface area contributed by atoms with Crippen molar-refractivity contribution in [3.8, 4) is 73.2 Å². The first-order chi connectivity index (χ1) is 31.0. The van der Waals surface area contributed by atoms with Crippen molar-refractivity contribution in [1.29, 1.82) is 0 Å². The highest BCUT2D eigenvalue weighted by atomic mass is 15.0. The second-order valence-corrected chi connectivity index (χ2v) is 13.0. The molecule has 2 heterocycles. The fraction of sp³-hybridized carbons (Fsp3) is 0. The van der Waals surface area contributed by atoms with Crippen LogP contribution in [0.5, 0.6) is 0 Å². The van der Waals surface area contributed by atoms with E-state index in [0.29, 0.717) is 34.3 Å². The summed E-state index contributed by atoms with van der Waals surface area (Å²) in [4.78, 5) is 15.1. The van der Waals surface area contributed by atoms with Gasteiger partial charge in [-0.05, 0) is 58.1 Å². The van der Waals surface area contributed by atoms with Crippen LogP contribution in [0, 0.1) is 0 Å². The second kappa shape index (κ2) is 13.8. The van der Waals surface area contributed by atoms with E-state index in [9.17, 15) is 2.74 Å². The lowest BCUT2D eigenvalue weighted by Gasteiger charge is -2.17. The highest BCUT2D eigenvalue weighted by Gasteiger charge is 2.19. The highest BCUT2D eigenvalue weighted by Crippen LogP contribution is 2.39. The molecule has 10 rings (SSSR count). The molecule has 0 aliphatic carbocycles. The number of para-hydroxylation sites is 2. The van der Waals surface area contributed by atoms with Gasteiger partial charge in [0.05, 0.1) is 29.1 Å². The summed E-state index contributed by atoms with van der Waals surface area (Å²) in [6.45, 7) is 0. The van der Waals surface area contributed by atoms with E-state index in [1.807, 2.05) is 144 Å². The van der Waals surface area contributed by atoms with Crippen LogP contribution >= 0.6 is 0 Å². The van der Waals surface area contributed by atoms with E-state index in [1.54, 1.807) is 12.1 Å². The van der Waals surface area contributed by atoms with Crippen molar-refractivity contribution in [3.05, 3.63) is 206 Å². The van der Waals surface area contributed by atoms with E-state index in [-0.39, 0.29) is 16.7 Å². The molecule has 4 heteroatoms. The first kappa shape index (κ1) is 24.0. The molecule has 55 heavy (non-hydrogen) atoms.